The Morgan fingerprint density at radius 2 is 1.78 bits per heavy atom. The van der Waals surface area contributed by atoms with Crippen molar-refractivity contribution in [2.24, 2.45) is 0 Å². The summed E-state index contributed by atoms with van der Waals surface area (Å²) in [6, 6.07) is 7.10. The van der Waals surface area contributed by atoms with Crippen LogP contribution >= 0.6 is 11.3 Å². The lowest BCUT2D eigenvalue weighted by Gasteiger charge is -2.25. The van der Waals surface area contributed by atoms with Gasteiger partial charge in [0.2, 0.25) is 0 Å². The molecule has 0 spiro atoms. The van der Waals surface area contributed by atoms with E-state index in [0.717, 1.165) is 40.6 Å². The summed E-state index contributed by atoms with van der Waals surface area (Å²) < 4.78 is 60.0. The molecule has 0 aliphatic carbocycles. The van der Waals surface area contributed by atoms with E-state index < -0.39 is 26.6 Å². The van der Waals surface area contributed by atoms with Gasteiger partial charge in [-0.05, 0) is 30.3 Å². The van der Waals surface area contributed by atoms with Crippen molar-refractivity contribution < 1.29 is 21.9 Å². The molecule has 3 aromatic rings. The standard InChI is InChI=1S/C17H15F2N3O3S2/c18-11-7-12(19)9-14(8-11)27(23,24)21-13-1-2-15-16(10-13)26-17(20-15)22-3-5-25-6-4-22/h1-2,7-10,21H,3-6H2. The highest BCUT2D eigenvalue weighted by molar-refractivity contribution is 7.92. The summed E-state index contributed by atoms with van der Waals surface area (Å²) in [6.45, 7) is 2.80. The molecule has 0 saturated carbocycles. The lowest BCUT2D eigenvalue weighted by molar-refractivity contribution is 0.122. The van der Waals surface area contributed by atoms with Crippen LogP contribution in [0, 0.1) is 11.6 Å². The van der Waals surface area contributed by atoms with Crippen LogP contribution in [0.25, 0.3) is 10.2 Å². The van der Waals surface area contributed by atoms with Crippen LogP contribution in [0.5, 0.6) is 0 Å². The first-order chi connectivity index (χ1) is 12.9. The highest BCUT2D eigenvalue weighted by atomic mass is 32.2. The van der Waals surface area contributed by atoms with Crippen LogP contribution in [0.4, 0.5) is 19.6 Å². The fourth-order valence-electron chi connectivity index (χ4n) is 2.76. The second-order valence-electron chi connectivity index (χ2n) is 5.99. The number of benzene rings is 2. The van der Waals surface area contributed by atoms with Gasteiger partial charge in [0.25, 0.3) is 10.0 Å². The number of sulfonamides is 1. The van der Waals surface area contributed by atoms with Gasteiger partial charge in [-0.3, -0.25) is 4.72 Å². The third-order valence-corrected chi connectivity index (χ3v) is 6.50. The Morgan fingerprint density at radius 3 is 2.48 bits per heavy atom. The highest BCUT2D eigenvalue weighted by Gasteiger charge is 2.19. The van der Waals surface area contributed by atoms with E-state index in [9.17, 15) is 17.2 Å². The Morgan fingerprint density at radius 1 is 1.07 bits per heavy atom. The molecule has 0 amide bonds. The number of ether oxygens (including phenoxy) is 1. The number of nitrogens with one attached hydrogen (secondary N) is 1. The number of morpholine rings is 1. The minimum Gasteiger partial charge on any atom is -0.378 e. The molecule has 1 fully saturated rings. The maximum Gasteiger partial charge on any atom is 0.262 e. The molecule has 0 bridgehead atoms. The third-order valence-electron chi connectivity index (χ3n) is 4.06. The van der Waals surface area contributed by atoms with Crippen molar-refractivity contribution in [1.82, 2.24) is 4.98 Å². The van der Waals surface area contributed by atoms with E-state index in [1.165, 1.54) is 11.3 Å². The average Bonchev–Trinajstić information content (AvgIpc) is 3.05. The summed E-state index contributed by atoms with van der Waals surface area (Å²) in [4.78, 5) is 6.21. The lowest BCUT2D eigenvalue weighted by Crippen LogP contribution is -2.36. The molecule has 142 valence electrons. The Balaban J connectivity index is 1.61. The Hall–Kier alpha value is -2.30. The predicted octanol–water partition coefficient (Wildman–Crippen LogP) is 3.21. The smallest absolute Gasteiger partial charge is 0.262 e. The zero-order valence-electron chi connectivity index (χ0n) is 14.0. The van der Waals surface area contributed by atoms with Gasteiger partial charge in [-0.25, -0.2) is 22.2 Å². The highest BCUT2D eigenvalue weighted by Crippen LogP contribution is 2.31. The van der Waals surface area contributed by atoms with Crippen molar-refractivity contribution in [3.05, 3.63) is 48.0 Å². The van der Waals surface area contributed by atoms with Crippen LogP contribution < -0.4 is 9.62 Å². The molecule has 1 N–H and O–H groups in total. The number of rotatable bonds is 4. The van der Waals surface area contributed by atoms with E-state index in [0.29, 0.717) is 25.0 Å². The van der Waals surface area contributed by atoms with Crippen LogP contribution in [-0.2, 0) is 14.8 Å². The molecule has 4 rings (SSSR count). The second kappa shape index (κ2) is 7.02. The zero-order chi connectivity index (χ0) is 19.0. The van der Waals surface area contributed by atoms with Crippen molar-refractivity contribution in [3.63, 3.8) is 0 Å². The topological polar surface area (TPSA) is 71.5 Å². The van der Waals surface area contributed by atoms with Crippen LogP contribution in [0.15, 0.2) is 41.3 Å². The number of hydrogen-bond acceptors (Lipinski definition) is 6. The molecule has 6 nitrogen and oxygen atoms in total. The largest absolute Gasteiger partial charge is 0.378 e. The molecule has 0 radical (unpaired) electrons. The molecule has 2 aromatic carbocycles. The summed E-state index contributed by atoms with van der Waals surface area (Å²) in [6.07, 6.45) is 0. The van der Waals surface area contributed by atoms with Crippen molar-refractivity contribution >= 4 is 42.4 Å². The molecule has 2 heterocycles. The first-order valence-electron chi connectivity index (χ1n) is 8.13. The third kappa shape index (κ3) is 3.87. The van der Waals surface area contributed by atoms with E-state index in [2.05, 4.69) is 14.6 Å². The van der Waals surface area contributed by atoms with Crippen molar-refractivity contribution in [3.8, 4) is 0 Å². The maximum atomic E-state index is 13.3. The summed E-state index contributed by atoms with van der Waals surface area (Å²) in [5.74, 6) is -1.91. The van der Waals surface area contributed by atoms with E-state index in [4.69, 9.17) is 4.74 Å². The number of hydrogen-bond donors (Lipinski definition) is 1. The Kier molecular flexibility index (Phi) is 4.70. The zero-order valence-corrected chi connectivity index (χ0v) is 15.6. The van der Waals surface area contributed by atoms with Crippen LogP contribution in [0.1, 0.15) is 0 Å². The van der Waals surface area contributed by atoms with E-state index >= 15 is 0 Å². The second-order valence-corrected chi connectivity index (χ2v) is 8.68. The van der Waals surface area contributed by atoms with Gasteiger partial charge in [0.1, 0.15) is 11.6 Å². The number of anilines is 2. The van der Waals surface area contributed by atoms with Gasteiger partial charge in [0.05, 0.1) is 34.0 Å². The molecule has 27 heavy (non-hydrogen) atoms. The van der Waals surface area contributed by atoms with Gasteiger partial charge in [-0.1, -0.05) is 11.3 Å². The van der Waals surface area contributed by atoms with Gasteiger partial charge in [0.15, 0.2) is 5.13 Å². The first-order valence-corrected chi connectivity index (χ1v) is 10.4. The molecule has 1 aliphatic heterocycles. The average molecular weight is 411 g/mol. The lowest BCUT2D eigenvalue weighted by atomic mass is 10.3. The van der Waals surface area contributed by atoms with Gasteiger partial charge < -0.3 is 9.64 Å². The fraction of sp³-hybridized carbons (Fsp3) is 0.235. The van der Waals surface area contributed by atoms with Gasteiger partial charge in [0, 0.05) is 19.2 Å². The summed E-state index contributed by atoms with van der Waals surface area (Å²) in [7, 11) is -4.11. The van der Waals surface area contributed by atoms with Crippen molar-refractivity contribution in [2.75, 3.05) is 35.9 Å². The predicted molar refractivity (Wildman–Crippen MR) is 99.8 cm³/mol. The molecular weight excluding hydrogens is 396 g/mol. The molecule has 1 aromatic heterocycles. The fourth-order valence-corrected chi connectivity index (χ4v) is 4.91. The molecular formula is C17H15F2N3O3S2. The van der Waals surface area contributed by atoms with Gasteiger partial charge in [-0.15, -0.1) is 0 Å². The van der Waals surface area contributed by atoms with Crippen LogP contribution in [0.2, 0.25) is 0 Å². The summed E-state index contributed by atoms with van der Waals surface area (Å²) in [5.41, 5.74) is 1.05. The van der Waals surface area contributed by atoms with Crippen molar-refractivity contribution in [1.29, 1.82) is 0 Å². The number of aromatic nitrogens is 1. The Labute approximate surface area is 158 Å². The normalized spacial score (nSPS) is 15.3. The molecule has 10 heteroatoms. The van der Waals surface area contributed by atoms with Crippen molar-refractivity contribution in [2.45, 2.75) is 4.90 Å². The molecule has 0 atom stereocenters. The minimum atomic E-state index is -4.11. The first kappa shape index (κ1) is 18.1. The quantitative estimate of drug-likeness (QED) is 0.714. The molecule has 1 aliphatic rings. The van der Waals surface area contributed by atoms with Crippen LogP contribution in [0.3, 0.4) is 0 Å². The Bertz CT molecular complexity index is 1080. The van der Waals surface area contributed by atoms with Gasteiger partial charge >= 0.3 is 0 Å². The monoisotopic (exact) mass is 411 g/mol. The van der Waals surface area contributed by atoms with Crippen LogP contribution in [-0.4, -0.2) is 39.7 Å². The van der Waals surface area contributed by atoms with E-state index in [1.54, 1.807) is 18.2 Å². The SMILES string of the molecule is O=S(=O)(Nc1ccc2nc(N3CCOCC3)sc2c1)c1cc(F)cc(F)c1. The molecule has 0 unspecified atom stereocenters. The number of halogens is 2. The van der Waals surface area contributed by atoms with E-state index in [1.807, 2.05) is 0 Å². The van der Waals surface area contributed by atoms with E-state index in [-0.39, 0.29) is 0 Å². The molecule has 1 saturated heterocycles. The number of nitrogens with zero attached hydrogens (tertiary/aromatic N) is 2. The number of fused-ring (bicyclic) bond motifs is 1. The summed E-state index contributed by atoms with van der Waals surface area (Å²) in [5, 5.41) is 0.848. The minimum absolute atomic E-state index is 0.296. The summed E-state index contributed by atoms with van der Waals surface area (Å²) >= 11 is 1.45. The maximum absolute atomic E-state index is 13.3. The number of thiazole rings is 1. The van der Waals surface area contributed by atoms with Gasteiger partial charge in [-0.2, -0.15) is 0 Å².